The fraction of sp³-hybridized carbons (Fsp3) is 0.600. The van der Waals surface area contributed by atoms with Crippen LogP contribution in [0.15, 0.2) is 36.5 Å². The summed E-state index contributed by atoms with van der Waals surface area (Å²) in [5.41, 5.74) is 2.76. The predicted octanol–water partition coefficient (Wildman–Crippen LogP) is 5.14. The van der Waals surface area contributed by atoms with E-state index in [0.717, 1.165) is 5.92 Å². The molecule has 0 bridgehead atoms. The second kappa shape index (κ2) is 7.50. The van der Waals surface area contributed by atoms with Gasteiger partial charge in [0.25, 0.3) is 0 Å². The predicted molar refractivity (Wildman–Crippen MR) is 70.9 cm³/mol. The van der Waals surface area contributed by atoms with Crippen molar-refractivity contribution in [2.45, 2.75) is 47.0 Å². The van der Waals surface area contributed by atoms with Crippen LogP contribution in [0.2, 0.25) is 0 Å². The van der Waals surface area contributed by atoms with Gasteiger partial charge >= 0.3 is 0 Å². The van der Waals surface area contributed by atoms with Crippen molar-refractivity contribution in [1.82, 2.24) is 0 Å². The third-order valence-electron chi connectivity index (χ3n) is 2.90. The highest BCUT2D eigenvalue weighted by molar-refractivity contribution is 5.35. The van der Waals surface area contributed by atoms with Gasteiger partial charge in [-0.3, -0.25) is 0 Å². The fourth-order valence-electron chi connectivity index (χ4n) is 2.16. The molecule has 15 heavy (non-hydrogen) atoms. The molecule has 1 rings (SSSR count). The number of rotatable bonds is 2. The highest BCUT2D eigenvalue weighted by Crippen LogP contribution is 2.37. The molecular weight excluding hydrogens is 180 g/mol. The molecular formula is C15H26. The molecule has 0 saturated heterocycles. The summed E-state index contributed by atoms with van der Waals surface area (Å²) in [6.07, 6.45) is 7.82. The first-order valence-corrected chi connectivity index (χ1v) is 6.17. The van der Waals surface area contributed by atoms with Crippen LogP contribution < -0.4 is 0 Å². The van der Waals surface area contributed by atoms with Gasteiger partial charge in [0, 0.05) is 0 Å². The Hall–Kier alpha value is -0.780. The minimum absolute atomic E-state index is 0.708. The second-order valence-electron chi connectivity index (χ2n) is 4.20. The molecule has 0 N–H and O–H groups in total. The molecule has 0 aromatic heterocycles. The standard InChI is InChI=1S/C13H20.C2H6/c1-5-7-13-11(4)8-6-9-12(13)10(2)3;1-2/h5,7,10,12H,1,4,6,8-9H2,2-3H3;1-2H3/b13-7+;. The second-order valence-corrected chi connectivity index (χ2v) is 4.20. The van der Waals surface area contributed by atoms with Gasteiger partial charge in [0.1, 0.15) is 0 Å². The van der Waals surface area contributed by atoms with Crippen molar-refractivity contribution in [2.24, 2.45) is 11.8 Å². The van der Waals surface area contributed by atoms with Crippen LogP contribution in [0.25, 0.3) is 0 Å². The summed E-state index contributed by atoms with van der Waals surface area (Å²) in [6, 6.07) is 0. The molecule has 0 heteroatoms. The Morgan fingerprint density at radius 3 is 2.40 bits per heavy atom. The number of allylic oxidation sites excluding steroid dienone is 4. The normalized spacial score (nSPS) is 23.7. The summed E-state index contributed by atoms with van der Waals surface area (Å²) in [4.78, 5) is 0. The van der Waals surface area contributed by atoms with E-state index in [-0.39, 0.29) is 0 Å². The zero-order chi connectivity index (χ0) is 11.8. The van der Waals surface area contributed by atoms with Gasteiger partial charge in [0.2, 0.25) is 0 Å². The zero-order valence-corrected chi connectivity index (χ0v) is 10.8. The first kappa shape index (κ1) is 14.2. The lowest BCUT2D eigenvalue weighted by atomic mass is 9.75. The summed E-state index contributed by atoms with van der Waals surface area (Å²) in [5.74, 6) is 1.43. The molecule has 0 nitrogen and oxygen atoms in total. The molecule has 1 aliphatic rings. The molecule has 1 unspecified atom stereocenters. The van der Waals surface area contributed by atoms with E-state index in [4.69, 9.17) is 0 Å². The minimum atomic E-state index is 0.708. The molecule has 1 aliphatic carbocycles. The van der Waals surface area contributed by atoms with Gasteiger partial charge in [-0.1, -0.05) is 58.6 Å². The Balaban J connectivity index is 0.000000921. The van der Waals surface area contributed by atoms with E-state index in [1.54, 1.807) is 0 Å². The van der Waals surface area contributed by atoms with E-state index in [0.29, 0.717) is 5.92 Å². The van der Waals surface area contributed by atoms with Crippen LogP contribution in [0.1, 0.15) is 47.0 Å². The van der Waals surface area contributed by atoms with E-state index < -0.39 is 0 Å². The molecule has 0 amide bonds. The monoisotopic (exact) mass is 206 g/mol. The van der Waals surface area contributed by atoms with Crippen molar-refractivity contribution < 1.29 is 0 Å². The van der Waals surface area contributed by atoms with Crippen LogP contribution in [-0.2, 0) is 0 Å². The van der Waals surface area contributed by atoms with Gasteiger partial charge in [-0.25, -0.2) is 0 Å². The van der Waals surface area contributed by atoms with Crippen molar-refractivity contribution in [3.05, 3.63) is 36.5 Å². The van der Waals surface area contributed by atoms with Crippen LogP contribution in [-0.4, -0.2) is 0 Å². The molecule has 0 spiro atoms. The zero-order valence-electron chi connectivity index (χ0n) is 10.8. The van der Waals surface area contributed by atoms with Crippen molar-refractivity contribution in [3.8, 4) is 0 Å². The van der Waals surface area contributed by atoms with Gasteiger partial charge in [-0.05, 0) is 36.7 Å². The lowest BCUT2D eigenvalue weighted by molar-refractivity contribution is 0.386. The molecule has 0 radical (unpaired) electrons. The number of hydrogen-bond acceptors (Lipinski definition) is 0. The van der Waals surface area contributed by atoms with Crippen molar-refractivity contribution >= 4 is 0 Å². The Kier molecular flexibility index (Phi) is 7.11. The molecule has 86 valence electrons. The quantitative estimate of drug-likeness (QED) is 0.587. The Morgan fingerprint density at radius 2 is 1.93 bits per heavy atom. The van der Waals surface area contributed by atoms with Gasteiger partial charge in [-0.15, -0.1) is 0 Å². The summed E-state index contributed by atoms with van der Waals surface area (Å²) in [6.45, 7) is 16.5. The topological polar surface area (TPSA) is 0 Å². The minimum Gasteiger partial charge on any atom is -0.0991 e. The summed E-state index contributed by atoms with van der Waals surface area (Å²) in [5, 5.41) is 0. The van der Waals surface area contributed by atoms with Crippen LogP contribution >= 0.6 is 0 Å². The SMILES string of the molecule is C=C/C=C1\C(=C)CCCC1C(C)C.CC. The third kappa shape index (κ3) is 4.07. The molecule has 0 aromatic rings. The number of hydrogen-bond donors (Lipinski definition) is 0. The van der Waals surface area contributed by atoms with Crippen molar-refractivity contribution in [1.29, 1.82) is 0 Å². The van der Waals surface area contributed by atoms with E-state index in [2.05, 4.69) is 33.1 Å². The van der Waals surface area contributed by atoms with Gasteiger partial charge < -0.3 is 0 Å². The van der Waals surface area contributed by atoms with Gasteiger partial charge in [0.15, 0.2) is 0 Å². The maximum Gasteiger partial charge on any atom is -0.0136 e. The third-order valence-corrected chi connectivity index (χ3v) is 2.90. The van der Waals surface area contributed by atoms with Crippen LogP contribution in [0.4, 0.5) is 0 Å². The lowest BCUT2D eigenvalue weighted by Gasteiger charge is -2.30. The van der Waals surface area contributed by atoms with Crippen molar-refractivity contribution in [3.63, 3.8) is 0 Å². The Labute approximate surface area is 95.8 Å². The van der Waals surface area contributed by atoms with Crippen LogP contribution in [0.5, 0.6) is 0 Å². The lowest BCUT2D eigenvalue weighted by Crippen LogP contribution is -2.17. The molecule has 1 atom stereocenters. The van der Waals surface area contributed by atoms with Crippen LogP contribution in [0, 0.1) is 11.8 Å². The molecule has 0 aromatic carbocycles. The Bertz CT molecular complexity index is 230. The summed E-state index contributed by atoms with van der Waals surface area (Å²) < 4.78 is 0. The van der Waals surface area contributed by atoms with Gasteiger partial charge in [0.05, 0.1) is 0 Å². The van der Waals surface area contributed by atoms with Crippen LogP contribution in [0.3, 0.4) is 0 Å². The first-order valence-electron chi connectivity index (χ1n) is 6.17. The maximum absolute atomic E-state index is 4.13. The largest absolute Gasteiger partial charge is 0.0991 e. The summed E-state index contributed by atoms with van der Waals surface area (Å²) >= 11 is 0. The highest BCUT2D eigenvalue weighted by atomic mass is 14.3. The van der Waals surface area contributed by atoms with E-state index in [1.165, 1.54) is 30.4 Å². The molecule has 0 aliphatic heterocycles. The van der Waals surface area contributed by atoms with E-state index >= 15 is 0 Å². The maximum atomic E-state index is 4.13. The van der Waals surface area contributed by atoms with Gasteiger partial charge in [-0.2, -0.15) is 0 Å². The van der Waals surface area contributed by atoms with E-state index in [1.807, 2.05) is 19.9 Å². The smallest absolute Gasteiger partial charge is 0.0136 e. The Morgan fingerprint density at radius 1 is 1.33 bits per heavy atom. The molecule has 0 heterocycles. The average Bonchev–Trinajstić information content (AvgIpc) is 2.24. The van der Waals surface area contributed by atoms with E-state index in [9.17, 15) is 0 Å². The first-order chi connectivity index (χ1) is 7.16. The molecule has 1 fully saturated rings. The summed E-state index contributed by atoms with van der Waals surface area (Å²) in [7, 11) is 0. The van der Waals surface area contributed by atoms with Crippen molar-refractivity contribution in [2.75, 3.05) is 0 Å². The fourth-order valence-corrected chi connectivity index (χ4v) is 2.16. The molecule has 1 saturated carbocycles. The average molecular weight is 206 g/mol. The highest BCUT2D eigenvalue weighted by Gasteiger charge is 2.23.